The summed E-state index contributed by atoms with van der Waals surface area (Å²) in [6.45, 7) is 5.31. The molecule has 0 aromatic carbocycles. The van der Waals surface area contributed by atoms with Crippen LogP contribution in [-0.4, -0.2) is 16.5 Å². The van der Waals surface area contributed by atoms with E-state index in [1.54, 1.807) is 12.4 Å². The van der Waals surface area contributed by atoms with Crippen LogP contribution < -0.4 is 5.32 Å². The summed E-state index contributed by atoms with van der Waals surface area (Å²) in [5, 5.41) is 3.33. The summed E-state index contributed by atoms with van der Waals surface area (Å²) >= 11 is 0. The fourth-order valence-electron chi connectivity index (χ4n) is 1.36. The number of nitrogens with one attached hydrogen (secondary N) is 1. The molecule has 0 saturated heterocycles. The van der Waals surface area contributed by atoms with E-state index in [1.165, 1.54) is 19.3 Å². The van der Waals surface area contributed by atoms with Gasteiger partial charge in [0.25, 0.3) is 0 Å². The largest absolute Gasteiger partial charge is 0.369 e. The molecule has 0 atom stereocenters. The van der Waals surface area contributed by atoms with Crippen LogP contribution in [0.3, 0.4) is 0 Å². The van der Waals surface area contributed by atoms with Crippen LogP contribution in [0.15, 0.2) is 12.4 Å². The summed E-state index contributed by atoms with van der Waals surface area (Å²) in [4.78, 5) is 8.54. The van der Waals surface area contributed by atoms with Gasteiger partial charge in [-0.05, 0) is 12.8 Å². The van der Waals surface area contributed by atoms with Crippen molar-refractivity contribution < 1.29 is 0 Å². The topological polar surface area (TPSA) is 37.8 Å². The zero-order valence-corrected chi connectivity index (χ0v) is 9.08. The van der Waals surface area contributed by atoms with Crippen molar-refractivity contribution in [3.05, 3.63) is 18.1 Å². The van der Waals surface area contributed by atoms with Crippen LogP contribution in [0.25, 0.3) is 0 Å². The average molecular weight is 193 g/mol. The van der Waals surface area contributed by atoms with Gasteiger partial charge in [0.05, 0.1) is 5.69 Å². The monoisotopic (exact) mass is 193 g/mol. The SMILES string of the molecule is CCCCCNc1nccnc1CC. The Labute approximate surface area is 86.0 Å². The molecule has 0 aliphatic rings. The van der Waals surface area contributed by atoms with Crippen molar-refractivity contribution in [2.75, 3.05) is 11.9 Å². The third kappa shape index (κ3) is 3.32. The van der Waals surface area contributed by atoms with E-state index in [1.807, 2.05) is 0 Å². The van der Waals surface area contributed by atoms with Crippen LogP contribution in [-0.2, 0) is 6.42 Å². The first-order valence-corrected chi connectivity index (χ1v) is 5.42. The maximum atomic E-state index is 4.27. The summed E-state index contributed by atoms with van der Waals surface area (Å²) in [7, 11) is 0. The van der Waals surface area contributed by atoms with Gasteiger partial charge >= 0.3 is 0 Å². The van der Waals surface area contributed by atoms with Gasteiger partial charge in [-0.2, -0.15) is 0 Å². The van der Waals surface area contributed by atoms with E-state index in [0.717, 1.165) is 24.5 Å². The Hall–Kier alpha value is -1.12. The van der Waals surface area contributed by atoms with Crippen molar-refractivity contribution in [3.63, 3.8) is 0 Å². The molecule has 0 saturated carbocycles. The fraction of sp³-hybridized carbons (Fsp3) is 0.636. The van der Waals surface area contributed by atoms with Gasteiger partial charge in [0, 0.05) is 18.9 Å². The van der Waals surface area contributed by atoms with Crippen LogP contribution >= 0.6 is 0 Å². The molecule has 1 heterocycles. The normalized spacial score (nSPS) is 10.1. The number of rotatable bonds is 6. The summed E-state index contributed by atoms with van der Waals surface area (Å²) in [5.74, 6) is 0.950. The number of unbranched alkanes of at least 4 members (excludes halogenated alkanes) is 2. The third-order valence-corrected chi connectivity index (χ3v) is 2.18. The molecule has 3 heteroatoms. The van der Waals surface area contributed by atoms with Gasteiger partial charge in [-0.15, -0.1) is 0 Å². The van der Waals surface area contributed by atoms with Gasteiger partial charge in [0.15, 0.2) is 0 Å². The molecule has 0 aliphatic carbocycles. The highest BCUT2D eigenvalue weighted by atomic mass is 15.0. The van der Waals surface area contributed by atoms with E-state index in [4.69, 9.17) is 0 Å². The van der Waals surface area contributed by atoms with Crippen molar-refractivity contribution in [2.24, 2.45) is 0 Å². The molecule has 0 unspecified atom stereocenters. The molecule has 0 spiro atoms. The molecular weight excluding hydrogens is 174 g/mol. The van der Waals surface area contributed by atoms with Crippen molar-refractivity contribution in [1.82, 2.24) is 9.97 Å². The molecule has 0 bridgehead atoms. The van der Waals surface area contributed by atoms with Gasteiger partial charge in [-0.1, -0.05) is 26.7 Å². The zero-order valence-electron chi connectivity index (χ0n) is 9.08. The molecule has 0 aliphatic heterocycles. The van der Waals surface area contributed by atoms with Crippen LogP contribution in [0.5, 0.6) is 0 Å². The van der Waals surface area contributed by atoms with E-state index >= 15 is 0 Å². The second-order valence-corrected chi connectivity index (χ2v) is 3.34. The Morgan fingerprint density at radius 2 is 1.93 bits per heavy atom. The molecule has 1 rings (SSSR count). The summed E-state index contributed by atoms with van der Waals surface area (Å²) < 4.78 is 0. The van der Waals surface area contributed by atoms with Crippen molar-refractivity contribution >= 4 is 5.82 Å². The van der Waals surface area contributed by atoms with Gasteiger partial charge in [-0.25, -0.2) is 4.98 Å². The van der Waals surface area contributed by atoms with Crippen molar-refractivity contribution in [1.29, 1.82) is 0 Å². The highest BCUT2D eigenvalue weighted by Crippen LogP contribution is 2.08. The Morgan fingerprint density at radius 3 is 2.64 bits per heavy atom. The number of hydrogen-bond donors (Lipinski definition) is 1. The van der Waals surface area contributed by atoms with Crippen LogP contribution in [0, 0.1) is 0 Å². The second kappa shape index (κ2) is 6.35. The number of anilines is 1. The van der Waals surface area contributed by atoms with E-state index in [2.05, 4.69) is 29.1 Å². The predicted molar refractivity (Wildman–Crippen MR) is 59.4 cm³/mol. The Kier molecular flexibility index (Phi) is 4.97. The van der Waals surface area contributed by atoms with Gasteiger partial charge in [0.2, 0.25) is 0 Å². The number of hydrogen-bond acceptors (Lipinski definition) is 3. The molecule has 0 fully saturated rings. The molecule has 3 nitrogen and oxygen atoms in total. The molecule has 1 N–H and O–H groups in total. The fourth-order valence-corrected chi connectivity index (χ4v) is 1.36. The number of aromatic nitrogens is 2. The van der Waals surface area contributed by atoms with Gasteiger partial charge < -0.3 is 5.32 Å². The van der Waals surface area contributed by atoms with Crippen LogP contribution in [0.4, 0.5) is 5.82 Å². The first-order chi connectivity index (χ1) is 6.88. The lowest BCUT2D eigenvalue weighted by Crippen LogP contribution is -2.06. The first-order valence-electron chi connectivity index (χ1n) is 5.42. The van der Waals surface area contributed by atoms with E-state index < -0.39 is 0 Å². The summed E-state index contributed by atoms with van der Waals surface area (Å²) in [6, 6.07) is 0. The number of nitrogens with zero attached hydrogens (tertiary/aromatic N) is 2. The van der Waals surface area contributed by atoms with E-state index in [9.17, 15) is 0 Å². The van der Waals surface area contributed by atoms with Crippen LogP contribution in [0.1, 0.15) is 38.8 Å². The number of aryl methyl sites for hydroxylation is 1. The Bertz CT molecular complexity index is 260. The summed E-state index contributed by atoms with van der Waals surface area (Å²) in [5.41, 5.74) is 1.06. The molecular formula is C11H19N3. The molecule has 0 radical (unpaired) electrons. The summed E-state index contributed by atoms with van der Waals surface area (Å²) in [6.07, 6.45) is 8.15. The lowest BCUT2D eigenvalue weighted by atomic mass is 10.2. The van der Waals surface area contributed by atoms with E-state index in [-0.39, 0.29) is 0 Å². The Morgan fingerprint density at radius 1 is 1.14 bits per heavy atom. The molecule has 14 heavy (non-hydrogen) atoms. The highest BCUT2D eigenvalue weighted by molar-refractivity contribution is 5.38. The minimum absolute atomic E-state index is 0.934. The minimum atomic E-state index is 0.934. The smallest absolute Gasteiger partial charge is 0.147 e. The van der Waals surface area contributed by atoms with Gasteiger partial charge in [0.1, 0.15) is 5.82 Å². The first kappa shape index (κ1) is 11.0. The standard InChI is InChI=1S/C11H19N3/c1-3-5-6-7-13-11-10(4-2)12-8-9-14-11/h8-9H,3-7H2,1-2H3,(H,13,14). The lowest BCUT2D eigenvalue weighted by Gasteiger charge is -2.07. The lowest BCUT2D eigenvalue weighted by molar-refractivity contribution is 0.741. The third-order valence-electron chi connectivity index (χ3n) is 2.18. The minimum Gasteiger partial charge on any atom is -0.369 e. The van der Waals surface area contributed by atoms with E-state index in [0.29, 0.717) is 0 Å². The van der Waals surface area contributed by atoms with Crippen molar-refractivity contribution in [2.45, 2.75) is 39.5 Å². The average Bonchev–Trinajstić information content (AvgIpc) is 2.25. The highest BCUT2D eigenvalue weighted by Gasteiger charge is 2.00. The molecule has 0 amide bonds. The molecule has 1 aromatic rings. The maximum Gasteiger partial charge on any atom is 0.147 e. The predicted octanol–water partition coefficient (Wildman–Crippen LogP) is 2.64. The molecule has 78 valence electrons. The van der Waals surface area contributed by atoms with Crippen LogP contribution in [0.2, 0.25) is 0 Å². The Balaban J connectivity index is 2.41. The second-order valence-electron chi connectivity index (χ2n) is 3.34. The van der Waals surface area contributed by atoms with Gasteiger partial charge in [-0.3, -0.25) is 4.98 Å². The maximum absolute atomic E-state index is 4.27. The quantitative estimate of drug-likeness (QED) is 0.706. The molecule has 1 aromatic heterocycles. The zero-order chi connectivity index (χ0) is 10.2. The van der Waals surface area contributed by atoms with Crippen molar-refractivity contribution in [3.8, 4) is 0 Å².